The van der Waals surface area contributed by atoms with Crippen LogP contribution in [-0.2, 0) is 11.2 Å². The lowest BCUT2D eigenvalue weighted by molar-refractivity contribution is -0.115. The maximum Gasteiger partial charge on any atom is 0.230 e. The first-order valence-corrected chi connectivity index (χ1v) is 9.18. The number of fused-ring (bicyclic) bond motifs is 1. The van der Waals surface area contributed by atoms with Crippen molar-refractivity contribution in [3.63, 3.8) is 0 Å². The van der Waals surface area contributed by atoms with Crippen molar-refractivity contribution in [3.05, 3.63) is 59.1 Å². The monoisotopic (exact) mass is 372 g/mol. The van der Waals surface area contributed by atoms with Gasteiger partial charge in [-0.1, -0.05) is 0 Å². The van der Waals surface area contributed by atoms with Crippen LogP contribution in [0, 0.1) is 12.7 Å². The maximum absolute atomic E-state index is 13.1. The van der Waals surface area contributed by atoms with Gasteiger partial charge in [0, 0.05) is 22.8 Å². The highest BCUT2D eigenvalue weighted by Gasteiger charge is 2.13. The molecule has 126 valence electrons. The number of amides is 1. The summed E-state index contributed by atoms with van der Waals surface area (Å²) < 4.78 is 19.1. The van der Waals surface area contributed by atoms with E-state index in [1.807, 2.05) is 29.0 Å². The van der Waals surface area contributed by atoms with Crippen LogP contribution in [0.15, 0.2) is 41.9 Å². The molecule has 4 rings (SSSR count). The minimum atomic E-state index is -0.277. The average Bonchev–Trinajstić information content (AvgIpc) is 3.26. The highest BCUT2D eigenvalue weighted by atomic mass is 32.1. The fraction of sp³-hybridized carbons (Fsp3) is 0.118. The molecule has 1 N–H and O–H groups in total. The van der Waals surface area contributed by atoms with Crippen LogP contribution < -0.4 is 5.32 Å². The highest BCUT2D eigenvalue weighted by molar-refractivity contribution is 7.15. The molecule has 0 saturated heterocycles. The van der Waals surface area contributed by atoms with Crippen LogP contribution in [0.4, 0.5) is 9.39 Å². The fourth-order valence-electron chi connectivity index (χ4n) is 2.48. The lowest BCUT2D eigenvalue weighted by Crippen LogP contribution is -2.14. The lowest BCUT2D eigenvalue weighted by Gasteiger charge is -2.01. The lowest BCUT2D eigenvalue weighted by atomic mass is 10.2. The first kappa shape index (κ1) is 15.9. The average molecular weight is 372 g/mol. The Balaban J connectivity index is 1.56. The molecule has 0 bridgehead atoms. The number of rotatable bonds is 4. The van der Waals surface area contributed by atoms with Gasteiger partial charge in [-0.15, -0.1) is 11.3 Å². The molecule has 1 amide bonds. The van der Waals surface area contributed by atoms with E-state index in [-0.39, 0.29) is 18.1 Å². The molecule has 1 aromatic carbocycles. The summed E-state index contributed by atoms with van der Waals surface area (Å²) in [4.78, 5) is 17.6. The van der Waals surface area contributed by atoms with E-state index in [4.69, 9.17) is 0 Å². The Bertz CT molecular complexity index is 1050. The predicted octanol–water partition coefficient (Wildman–Crippen LogP) is 4.15. The molecule has 25 heavy (non-hydrogen) atoms. The van der Waals surface area contributed by atoms with Crippen molar-refractivity contribution >= 4 is 38.7 Å². The van der Waals surface area contributed by atoms with Crippen LogP contribution >= 0.6 is 22.9 Å². The zero-order valence-corrected chi connectivity index (χ0v) is 14.8. The van der Waals surface area contributed by atoms with E-state index in [0.717, 1.165) is 32.6 Å². The predicted molar refractivity (Wildman–Crippen MR) is 97.6 cm³/mol. The molecule has 3 aromatic heterocycles. The molecular formula is C17H13FN4OS2. The maximum atomic E-state index is 13.1. The van der Waals surface area contributed by atoms with E-state index in [2.05, 4.69) is 14.7 Å². The topological polar surface area (TPSA) is 59.3 Å². The summed E-state index contributed by atoms with van der Waals surface area (Å²) in [5.41, 5.74) is 3.34. The molecular weight excluding hydrogens is 359 g/mol. The molecule has 0 aliphatic heterocycles. The SMILES string of the molecule is Cc1cc(NC(=O)Cc2csc3nc(-c4ccc(F)cc4)cn23)sn1. The number of anilines is 1. The first-order chi connectivity index (χ1) is 12.1. The minimum absolute atomic E-state index is 0.0969. The van der Waals surface area contributed by atoms with Crippen molar-refractivity contribution in [2.75, 3.05) is 5.32 Å². The van der Waals surface area contributed by atoms with E-state index in [1.165, 1.54) is 35.0 Å². The van der Waals surface area contributed by atoms with Gasteiger partial charge in [0.15, 0.2) is 4.96 Å². The quantitative estimate of drug-likeness (QED) is 0.585. The van der Waals surface area contributed by atoms with Crippen molar-refractivity contribution in [1.82, 2.24) is 13.8 Å². The number of hydrogen-bond acceptors (Lipinski definition) is 5. The second-order valence-electron chi connectivity index (χ2n) is 5.57. The van der Waals surface area contributed by atoms with Gasteiger partial charge in [0.1, 0.15) is 10.8 Å². The normalized spacial score (nSPS) is 11.1. The summed E-state index contributed by atoms with van der Waals surface area (Å²) in [5.74, 6) is -0.374. The van der Waals surface area contributed by atoms with Crippen LogP contribution in [0.3, 0.4) is 0 Å². The molecule has 4 aromatic rings. The Morgan fingerprint density at radius 2 is 2.12 bits per heavy atom. The Morgan fingerprint density at radius 3 is 2.84 bits per heavy atom. The van der Waals surface area contributed by atoms with Crippen molar-refractivity contribution in [3.8, 4) is 11.3 Å². The Labute approximate surface area is 150 Å². The van der Waals surface area contributed by atoms with E-state index in [9.17, 15) is 9.18 Å². The number of aryl methyl sites for hydroxylation is 1. The number of carbonyl (C=O) groups excluding carboxylic acids is 1. The van der Waals surface area contributed by atoms with Crippen LogP contribution in [0.2, 0.25) is 0 Å². The summed E-state index contributed by atoms with van der Waals surface area (Å²) in [6.07, 6.45) is 2.12. The van der Waals surface area contributed by atoms with Gasteiger partial charge in [-0.25, -0.2) is 9.37 Å². The van der Waals surface area contributed by atoms with Crippen molar-refractivity contribution in [2.24, 2.45) is 0 Å². The van der Waals surface area contributed by atoms with Gasteiger partial charge < -0.3 is 5.32 Å². The minimum Gasteiger partial charge on any atom is -0.316 e. The molecule has 0 unspecified atom stereocenters. The van der Waals surface area contributed by atoms with Crippen LogP contribution in [-0.4, -0.2) is 19.7 Å². The Kier molecular flexibility index (Phi) is 4.06. The van der Waals surface area contributed by atoms with Crippen molar-refractivity contribution < 1.29 is 9.18 Å². The number of aromatic nitrogens is 3. The molecule has 0 saturated carbocycles. The number of nitrogens with zero attached hydrogens (tertiary/aromatic N) is 3. The van der Waals surface area contributed by atoms with Crippen LogP contribution in [0.1, 0.15) is 11.4 Å². The standard InChI is InChI=1S/C17H13FN4OS2/c1-10-6-16(25-21-10)20-15(23)7-13-9-24-17-19-14(8-22(13)17)11-2-4-12(18)5-3-11/h2-6,8-9H,7H2,1H3,(H,20,23). The van der Waals surface area contributed by atoms with Crippen molar-refractivity contribution in [1.29, 1.82) is 0 Å². The van der Waals surface area contributed by atoms with E-state index < -0.39 is 0 Å². The molecule has 0 radical (unpaired) electrons. The summed E-state index contributed by atoms with van der Waals surface area (Å²) in [6.45, 7) is 1.89. The van der Waals surface area contributed by atoms with Crippen LogP contribution in [0.25, 0.3) is 16.2 Å². The second kappa shape index (κ2) is 6.38. The zero-order chi connectivity index (χ0) is 17.4. The largest absolute Gasteiger partial charge is 0.316 e. The van der Waals surface area contributed by atoms with Gasteiger partial charge in [0.25, 0.3) is 0 Å². The summed E-state index contributed by atoms with van der Waals surface area (Å²) >= 11 is 2.74. The van der Waals surface area contributed by atoms with Gasteiger partial charge in [-0.2, -0.15) is 4.37 Å². The van der Waals surface area contributed by atoms with Gasteiger partial charge in [0.05, 0.1) is 17.8 Å². The number of imidazole rings is 1. The number of nitrogens with one attached hydrogen (secondary N) is 1. The molecule has 8 heteroatoms. The van der Waals surface area contributed by atoms with Gasteiger partial charge in [0.2, 0.25) is 5.91 Å². The molecule has 0 spiro atoms. The number of hydrogen-bond donors (Lipinski definition) is 1. The molecule has 0 aliphatic carbocycles. The second-order valence-corrected chi connectivity index (χ2v) is 7.21. The third-order valence-corrected chi connectivity index (χ3v) is 5.34. The Morgan fingerprint density at radius 1 is 1.32 bits per heavy atom. The van der Waals surface area contributed by atoms with Gasteiger partial charge in [-0.05, 0) is 48.8 Å². The van der Waals surface area contributed by atoms with E-state index >= 15 is 0 Å². The molecule has 0 atom stereocenters. The van der Waals surface area contributed by atoms with E-state index in [0.29, 0.717) is 0 Å². The van der Waals surface area contributed by atoms with Crippen molar-refractivity contribution in [2.45, 2.75) is 13.3 Å². The molecule has 0 aliphatic rings. The molecule has 3 heterocycles. The third kappa shape index (κ3) is 3.31. The van der Waals surface area contributed by atoms with E-state index in [1.54, 1.807) is 12.1 Å². The summed E-state index contributed by atoms with van der Waals surface area (Å²) in [5, 5.41) is 5.52. The summed E-state index contributed by atoms with van der Waals surface area (Å²) in [6, 6.07) is 8.05. The number of benzene rings is 1. The van der Waals surface area contributed by atoms with Gasteiger partial charge >= 0.3 is 0 Å². The fourth-order valence-corrected chi connectivity index (χ4v) is 4.04. The number of carbonyl (C=O) groups is 1. The molecule has 0 fully saturated rings. The number of thiazole rings is 1. The van der Waals surface area contributed by atoms with Gasteiger partial charge in [-0.3, -0.25) is 9.20 Å². The Hall–Kier alpha value is -2.58. The zero-order valence-electron chi connectivity index (χ0n) is 13.2. The molecule has 5 nitrogen and oxygen atoms in total. The third-order valence-electron chi connectivity index (χ3n) is 3.66. The summed E-state index contributed by atoms with van der Waals surface area (Å²) in [7, 11) is 0. The number of halogens is 1. The smallest absolute Gasteiger partial charge is 0.230 e. The first-order valence-electron chi connectivity index (χ1n) is 7.53. The van der Waals surface area contributed by atoms with Crippen LogP contribution in [0.5, 0.6) is 0 Å². The highest BCUT2D eigenvalue weighted by Crippen LogP contribution is 2.24.